The maximum atomic E-state index is 12.4. The molecule has 1 heterocycles. The molecule has 2 aliphatic rings. The zero-order valence-corrected chi connectivity index (χ0v) is 12.8. The van der Waals surface area contributed by atoms with Crippen molar-refractivity contribution in [1.29, 1.82) is 0 Å². The molecule has 116 valence electrons. The van der Waals surface area contributed by atoms with Gasteiger partial charge < -0.3 is 4.74 Å². The topological polar surface area (TPSA) is 46.6 Å². The molecule has 4 heteroatoms. The molecule has 1 aliphatic heterocycles. The molecule has 3 rings (SSSR count). The first kappa shape index (κ1) is 14.8. The Morgan fingerprint density at radius 1 is 1.09 bits per heavy atom. The molecular formula is C18H21NO3. The number of fused-ring (bicyclic) bond motifs is 1. The highest BCUT2D eigenvalue weighted by molar-refractivity contribution is 6.05. The molecule has 0 aromatic heterocycles. The summed E-state index contributed by atoms with van der Waals surface area (Å²) in [5, 5.41) is 0. The van der Waals surface area contributed by atoms with Gasteiger partial charge in [-0.25, -0.2) is 0 Å². The van der Waals surface area contributed by atoms with Gasteiger partial charge >= 0.3 is 0 Å². The van der Waals surface area contributed by atoms with E-state index in [1.165, 1.54) is 4.90 Å². The van der Waals surface area contributed by atoms with E-state index in [2.05, 4.69) is 0 Å². The van der Waals surface area contributed by atoms with Crippen molar-refractivity contribution in [3.63, 3.8) is 0 Å². The van der Waals surface area contributed by atoms with Crippen molar-refractivity contribution in [2.24, 2.45) is 11.8 Å². The Labute approximate surface area is 130 Å². The molecule has 1 saturated heterocycles. The summed E-state index contributed by atoms with van der Waals surface area (Å²) in [7, 11) is 1.66. The van der Waals surface area contributed by atoms with Crippen LogP contribution in [-0.4, -0.2) is 30.4 Å². The van der Waals surface area contributed by atoms with Gasteiger partial charge in [0.2, 0.25) is 11.8 Å². The van der Waals surface area contributed by atoms with Gasteiger partial charge in [0.25, 0.3) is 0 Å². The number of hydrogen-bond donors (Lipinski definition) is 0. The predicted molar refractivity (Wildman–Crippen MR) is 83.4 cm³/mol. The van der Waals surface area contributed by atoms with Gasteiger partial charge in [0.15, 0.2) is 0 Å². The minimum absolute atomic E-state index is 0.0133. The summed E-state index contributed by atoms with van der Waals surface area (Å²) < 4.78 is 5.33. The van der Waals surface area contributed by atoms with E-state index < -0.39 is 0 Å². The van der Waals surface area contributed by atoms with Gasteiger partial charge in [-0.2, -0.15) is 0 Å². The van der Waals surface area contributed by atoms with E-state index in [9.17, 15) is 9.59 Å². The number of carbonyl (C=O) groups is 2. The van der Waals surface area contributed by atoms with E-state index in [1.807, 2.05) is 36.4 Å². The van der Waals surface area contributed by atoms with Crippen molar-refractivity contribution in [3.8, 4) is 5.75 Å². The van der Waals surface area contributed by atoms with Crippen LogP contribution in [-0.2, 0) is 16.0 Å². The van der Waals surface area contributed by atoms with Gasteiger partial charge in [0.1, 0.15) is 5.75 Å². The van der Waals surface area contributed by atoms with E-state index in [1.54, 1.807) is 7.11 Å². The number of ether oxygens (including phenoxy) is 1. The Kier molecular flexibility index (Phi) is 4.27. The van der Waals surface area contributed by atoms with Crippen LogP contribution in [0.3, 0.4) is 0 Å². The average molecular weight is 299 g/mol. The monoisotopic (exact) mass is 299 g/mol. The molecule has 2 amide bonds. The molecule has 4 nitrogen and oxygen atoms in total. The van der Waals surface area contributed by atoms with Crippen molar-refractivity contribution in [2.45, 2.75) is 25.7 Å². The first-order valence-corrected chi connectivity index (χ1v) is 7.84. The van der Waals surface area contributed by atoms with Crippen LogP contribution in [0, 0.1) is 11.8 Å². The number of benzene rings is 1. The first-order valence-electron chi connectivity index (χ1n) is 7.84. The summed E-state index contributed by atoms with van der Waals surface area (Å²) in [6.07, 6.45) is 7.02. The molecule has 1 aromatic rings. The van der Waals surface area contributed by atoms with Gasteiger partial charge in [0, 0.05) is 6.54 Å². The molecular weight excluding hydrogens is 278 g/mol. The smallest absolute Gasteiger partial charge is 0.233 e. The maximum Gasteiger partial charge on any atom is 0.233 e. The Morgan fingerprint density at radius 2 is 1.73 bits per heavy atom. The van der Waals surface area contributed by atoms with Crippen molar-refractivity contribution >= 4 is 11.8 Å². The highest BCUT2D eigenvalue weighted by atomic mass is 16.5. The number of amides is 2. The number of carbonyl (C=O) groups excluding carboxylic acids is 2. The van der Waals surface area contributed by atoms with Gasteiger partial charge in [-0.1, -0.05) is 30.4 Å². The summed E-state index contributed by atoms with van der Waals surface area (Å²) in [5.41, 5.74) is 1.11. The normalized spacial score (nSPS) is 23.8. The van der Waals surface area contributed by atoms with Gasteiger partial charge in [-0.15, -0.1) is 0 Å². The summed E-state index contributed by atoms with van der Waals surface area (Å²) >= 11 is 0. The van der Waals surface area contributed by atoms with Gasteiger partial charge in [-0.3, -0.25) is 14.5 Å². The Bertz CT molecular complexity index is 582. The van der Waals surface area contributed by atoms with Crippen LogP contribution in [0.25, 0.3) is 0 Å². The van der Waals surface area contributed by atoms with Crippen LogP contribution in [0.2, 0.25) is 0 Å². The van der Waals surface area contributed by atoms with Crippen molar-refractivity contribution < 1.29 is 14.3 Å². The Balaban J connectivity index is 1.60. The first-order chi connectivity index (χ1) is 10.7. The third kappa shape index (κ3) is 2.65. The average Bonchev–Trinajstić information content (AvgIpc) is 2.80. The number of likely N-dealkylation sites (tertiary alicyclic amines) is 1. The lowest BCUT2D eigenvalue weighted by molar-refractivity contribution is -0.139. The number of aryl methyl sites for hydroxylation is 1. The Morgan fingerprint density at radius 3 is 2.36 bits per heavy atom. The number of para-hydroxylation sites is 1. The van der Waals surface area contributed by atoms with Crippen LogP contribution >= 0.6 is 0 Å². The lowest BCUT2D eigenvalue weighted by atomic mass is 9.85. The summed E-state index contributed by atoms with van der Waals surface area (Å²) in [5.74, 6) is 0.644. The minimum Gasteiger partial charge on any atom is -0.496 e. The molecule has 1 aromatic carbocycles. The number of imide groups is 1. The van der Waals surface area contributed by atoms with Gasteiger partial charge in [0.05, 0.1) is 18.9 Å². The third-order valence-electron chi connectivity index (χ3n) is 4.62. The molecule has 0 saturated carbocycles. The van der Waals surface area contributed by atoms with Crippen molar-refractivity contribution in [2.75, 3.05) is 13.7 Å². The maximum absolute atomic E-state index is 12.4. The van der Waals surface area contributed by atoms with Crippen LogP contribution in [0.1, 0.15) is 24.8 Å². The quantitative estimate of drug-likeness (QED) is 0.620. The SMILES string of the molecule is COc1ccccc1CCCN1C(=O)[C@@H]2CC=CC[C@H]2C1=O. The highest BCUT2D eigenvalue weighted by Crippen LogP contribution is 2.35. The van der Waals surface area contributed by atoms with Crippen molar-refractivity contribution in [3.05, 3.63) is 42.0 Å². The fraction of sp³-hybridized carbons (Fsp3) is 0.444. The highest BCUT2D eigenvalue weighted by Gasteiger charge is 2.46. The molecule has 1 fully saturated rings. The number of nitrogens with zero attached hydrogens (tertiary/aromatic N) is 1. The number of methoxy groups -OCH3 is 1. The van der Waals surface area contributed by atoms with Crippen LogP contribution in [0.5, 0.6) is 5.75 Å². The lowest BCUT2D eigenvalue weighted by Crippen LogP contribution is -2.32. The molecule has 0 bridgehead atoms. The molecule has 0 radical (unpaired) electrons. The number of rotatable bonds is 5. The number of hydrogen-bond acceptors (Lipinski definition) is 3. The van der Waals surface area contributed by atoms with Gasteiger partial charge in [-0.05, 0) is 37.3 Å². The number of allylic oxidation sites excluding steroid dienone is 2. The molecule has 1 aliphatic carbocycles. The molecule has 0 unspecified atom stereocenters. The molecule has 0 N–H and O–H groups in total. The van der Waals surface area contributed by atoms with E-state index >= 15 is 0 Å². The second kappa shape index (κ2) is 6.34. The molecule has 22 heavy (non-hydrogen) atoms. The third-order valence-corrected chi connectivity index (χ3v) is 4.62. The molecule has 2 atom stereocenters. The minimum atomic E-state index is -0.122. The fourth-order valence-electron chi connectivity index (χ4n) is 3.43. The van der Waals surface area contributed by atoms with Crippen LogP contribution < -0.4 is 4.74 Å². The second-order valence-corrected chi connectivity index (χ2v) is 5.90. The van der Waals surface area contributed by atoms with Crippen LogP contribution in [0.15, 0.2) is 36.4 Å². The Hall–Kier alpha value is -2.10. The predicted octanol–water partition coefficient (Wildman–Crippen LogP) is 2.58. The van der Waals surface area contributed by atoms with Crippen molar-refractivity contribution in [1.82, 2.24) is 4.90 Å². The lowest BCUT2D eigenvalue weighted by Gasteiger charge is -2.15. The zero-order chi connectivity index (χ0) is 15.5. The van der Waals surface area contributed by atoms with E-state index in [4.69, 9.17) is 4.74 Å². The fourth-order valence-corrected chi connectivity index (χ4v) is 3.43. The largest absolute Gasteiger partial charge is 0.496 e. The van der Waals surface area contributed by atoms with E-state index in [0.717, 1.165) is 24.2 Å². The zero-order valence-electron chi connectivity index (χ0n) is 12.8. The summed E-state index contributed by atoms with van der Waals surface area (Å²) in [6, 6.07) is 7.87. The van der Waals surface area contributed by atoms with E-state index in [-0.39, 0.29) is 23.7 Å². The second-order valence-electron chi connectivity index (χ2n) is 5.90. The molecule has 0 spiro atoms. The van der Waals surface area contributed by atoms with E-state index in [0.29, 0.717) is 19.4 Å². The van der Waals surface area contributed by atoms with Crippen LogP contribution in [0.4, 0.5) is 0 Å². The summed E-state index contributed by atoms with van der Waals surface area (Å²) in [6.45, 7) is 0.503. The standard InChI is InChI=1S/C18H21NO3/c1-22-16-11-5-2-7-13(16)8-6-12-19-17(20)14-9-3-4-10-15(14)18(19)21/h2-5,7,11,14-15H,6,8-10,12H2,1H3/t14-,15-/m1/s1. The summed E-state index contributed by atoms with van der Waals surface area (Å²) in [4.78, 5) is 26.2.